The molecule has 2 aromatic rings. The summed E-state index contributed by atoms with van der Waals surface area (Å²) in [4.78, 5) is 16.2. The third kappa shape index (κ3) is 4.70. The maximum Gasteiger partial charge on any atom is 0.319 e. The van der Waals surface area contributed by atoms with Gasteiger partial charge in [-0.3, -0.25) is 4.98 Å². The second-order valence-corrected chi connectivity index (χ2v) is 5.67. The van der Waals surface area contributed by atoms with Gasteiger partial charge in [0.25, 0.3) is 0 Å². The molecule has 2 N–H and O–H groups in total. The Labute approximate surface area is 142 Å². The summed E-state index contributed by atoms with van der Waals surface area (Å²) in [5, 5.41) is 6.53. The Hall–Kier alpha value is -2.07. The van der Waals surface area contributed by atoms with Crippen molar-refractivity contribution >= 4 is 23.3 Å². The number of halogens is 1. The van der Waals surface area contributed by atoms with Crippen molar-refractivity contribution in [1.82, 2.24) is 10.3 Å². The number of aryl methyl sites for hydroxylation is 1. The maximum absolute atomic E-state index is 12.2. The van der Waals surface area contributed by atoms with Crippen LogP contribution in [0.3, 0.4) is 0 Å². The number of nitrogens with one attached hydrogen (secondary N) is 2. The zero-order valence-electron chi connectivity index (χ0n) is 13.5. The molecule has 0 saturated heterocycles. The van der Waals surface area contributed by atoms with Crippen molar-refractivity contribution in [2.24, 2.45) is 0 Å². The van der Waals surface area contributed by atoms with Gasteiger partial charge in [0, 0.05) is 24.0 Å². The normalized spacial score (nSPS) is 10.4. The number of rotatable bonds is 6. The molecule has 0 saturated carbocycles. The van der Waals surface area contributed by atoms with E-state index in [-0.39, 0.29) is 6.03 Å². The van der Waals surface area contributed by atoms with E-state index in [1.165, 1.54) is 0 Å². The van der Waals surface area contributed by atoms with Gasteiger partial charge in [0.15, 0.2) is 0 Å². The quantitative estimate of drug-likeness (QED) is 0.832. The van der Waals surface area contributed by atoms with Crippen molar-refractivity contribution in [2.45, 2.75) is 33.1 Å². The van der Waals surface area contributed by atoms with Crippen LogP contribution < -0.4 is 10.6 Å². The van der Waals surface area contributed by atoms with Crippen molar-refractivity contribution in [3.8, 4) is 0 Å². The summed E-state index contributed by atoms with van der Waals surface area (Å²) in [7, 11) is 0. The molecule has 0 aliphatic heterocycles. The number of hydrogen-bond acceptors (Lipinski definition) is 2. The van der Waals surface area contributed by atoms with E-state index >= 15 is 0 Å². The summed E-state index contributed by atoms with van der Waals surface area (Å²) < 4.78 is 0. The fourth-order valence-electron chi connectivity index (χ4n) is 2.49. The van der Waals surface area contributed by atoms with Gasteiger partial charge in [-0.1, -0.05) is 37.6 Å². The SMILES string of the molecule is CCc1ccc(Cl)c(CC)c1NC(=O)NCCc1cccnc1. The molecule has 0 atom stereocenters. The summed E-state index contributed by atoms with van der Waals surface area (Å²) in [6, 6.07) is 7.54. The minimum atomic E-state index is -0.208. The van der Waals surface area contributed by atoms with Crippen LogP contribution in [0.25, 0.3) is 0 Å². The van der Waals surface area contributed by atoms with Crippen molar-refractivity contribution < 1.29 is 4.79 Å². The molecule has 2 amide bonds. The largest absolute Gasteiger partial charge is 0.338 e. The average Bonchev–Trinajstić information content (AvgIpc) is 2.56. The van der Waals surface area contributed by atoms with Crippen molar-refractivity contribution in [1.29, 1.82) is 0 Å². The fourth-order valence-corrected chi connectivity index (χ4v) is 2.78. The standard InChI is InChI=1S/C18H22ClN3O/c1-3-14-7-8-16(19)15(4-2)17(14)22-18(23)21-11-9-13-6-5-10-20-12-13/h5-8,10,12H,3-4,9,11H2,1-2H3,(H2,21,22,23). The number of anilines is 1. The second-order valence-electron chi connectivity index (χ2n) is 5.26. The van der Waals surface area contributed by atoms with E-state index in [0.717, 1.165) is 41.6 Å². The first-order valence-corrected chi connectivity index (χ1v) is 8.27. The molecule has 0 unspecified atom stereocenters. The summed E-state index contributed by atoms with van der Waals surface area (Å²) in [6.07, 6.45) is 5.91. The van der Waals surface area contributed by atoms with Crippen LogP contribution >= 0.6 is 11.6 Å². The van der Waals surface area contributed by atoms with E-state index in [0.29, 0.717) is 11.6 Å². The minimum absolute atomic E-state index is 0.208. The maximum atomic E-state index is 12.2. The number of nitrogens with zero attached hydrogens (tertiary/aromatic N) is 1. The molecular weight excluding hydrogens is 310 g/mol. The summed E-state index contributed by atoms with van der Waals surface area (Å²) in [5.41, 5.74) is 4.00. The number of urea groups is 1. The van der Waals surface area contributed by atoms with Crippen LogP contribution in [-0.4, -0.2) is 17.6 Å². The number of carbonyl (C=O) groups excluding carboxylic acids is 1. The van der Waals surface area contributed by atoms with Gasteiger partial charge in [0.1, 0.15) is 0 Å². The summed E-state index contributed by atoms with van der Waals surface area (Å²) in [6.45, 7) is 4.65. The highest BCUT2D eigenvalue weighted by Gasteiger charge is 2.12. The van der Waals surface area contributed by atoms with E-state index < -0.39 is 0 Å². The van der Waals surface area contributed by atoms with Gasteiger partial charge < -0.3 is 10.6 Å². The van der Waals surface area contributed by atoms with Crippen LogP contribution in [-0.2, 0) is 19.3 Å². The molecule has 2 rings (SSSR count). The minimum Gasteiger partial charge on any atom is -0.338 e. The zero-order chi connectivity index (χ0) is 16.7. The number of amides is 2. The fraction of sp³-hybridized carbons (Fsp3) is 0.333. The van der Waals surface area contributed by atoms with Gasteiger partial charge in [-0.2, -0.15) is 0 Å². The first-order chi connectivity index (χ1) is 11.2. The van der Waals surface area contributed by atoms with Crippen molar-refractivity contribution in [2.75, 3.05) is 11.9 Å². The van der Waals surface area contributed by atoms with Gasteiger partial charge in [0.2, 0.25) is 0 Å². The lowest BCUT2D eigenvalue weighted by molar-refractivity contribution is 0.252. The Kier molecular flexibility index (Phi) is 6.41. The lowest BCUT2D eigenvalue weighted by Crippen LogP contribution is -2.31. The third-order valence-electron chi connectivity index (χ3n) is 3.74. The molecule has 0 fully saturated rings. The number of hydrogen-bond donors (Lipinski definition) is 2. The van der Waals surface area contributed by atoms with Gasteiger partial charge in [0.05, 0.1) is 5.69 Å². The molecule has 1 aromatic carbocycles. The molecule has 0 aliphatic carbocycles. The molecule has 4 nitrogen and oxygen atoms in total. The van der Waals surface area contributed by atoms with Gasteiger partial charge in [-0.05, 0) is 48.1 Å². The highest BCUT2D eigenvalue weighted by Crippen LogP contribution is 2.29. The Bertz CT molecular complexity index is 659. The van der Waals surface area contributed by atoms with Crippen LogP contribution in [0.1, 0.15) is 30.5 Å². The van der Waals surface area contributed by atoms with E-state index in [2.05, 4.69) is 22.5 Å². The molecule has 1 heterocycles. The Morgan fingerprint density at radius 1 is 1.22 bits per heavy atom. The van der Waals surface area contributed by atoms with Crippen LogP contribution in [0.4, 0.5) is 10.5 Å². The molecule has 122 valence electrons. The molecule has 0 radical (unpaired) electrons. The molecular formula is C18H22ClN3O. The molecule has 1 aromatic heterocycles. The number of carbonyl (C=O) groups is 1. The van der Waals surface area contributed by atoms with Gasteiger partial charge in [-0.15, -0.1) is 0 Å². The monoisotopic (exact) mass is 331 g/mol. The van der Waals surface area contributed by atoms with E-state index in [1.54, 1.807) is 12.4 Å². The second kappa shape index (κ2) is 8.53. The number of pyridine rings is 1. The Morgan fingerprint density at radius 3 is 2.70 bits per heavy atom. The third-order valence-corrected chi connectivity index (χ3v) is 4.09. The van der Waals surface area contributed by atoms with Crippen LogP contribution in [0, 0.1) is 0 Å². The summed E-state index contributed by atoms with van der Waals surface area (Å²) >= 11 is 6.25. The predicted octanol–water partition coefficient (Wildman–Crippen LogP) is 4.22. The van der Waals surface area contributed by atoms with E-state index in [4.69, 9.17) is 11.6 Å². The van der Waals surface area contributed by atoms with Crippen molar-refractivity contribution in [3.63, 3.8) is 0 Å². The lowest BCUT2D eigenvalue weighted by Gasteiger charge is -2.16. The average molecular weight is 332 g/mol. The van der Waals surface area contributed by atoms with Crippen LogP contribution in [0.15, 0.2) is 36.7 Å². The topological polar surface area (TPSA) is 54.0 Å². The van der Waals surface area contributed by atoms with Gasteiger partial charge in [-0.25, -0.2) is 4.79 Å². The zero-order valence-corrected chi connectivity index (χ0v) is 14.3. The van der Waals surface area contributed by atoms with E-state index in [9.17, 15) is 4.79 Å². The van der Waals surface area contributed by atoms with Crippen LogP contribution in [0.2, 0.25) is 5.02 Å². The van der Waals surface area contributed by atoms with Crippen LogP contribution in [0.5, 0.6) is 0 Å². The molecule has 5 heteroatoms. The predicted molar refractivity (Wildman–Crippen MR) is 95.2 cm³/mol. The molecule has 0 bridgehead atoms. The Balaban J connectivity index is 1.98. The Morgan fingerprint density at radius 2 is 2.04 bits per heavy atom. The summed E-state index contributed by atoms with van der Waals surface area (Å²) in [5.74, 6) is 0. The lowest BCUT2D eigenvalue weighted by atomic mass is 10.0. The first kappa shape index (κ1) is 17.3. The van der Waals surface area contributed by atoms with Crippen molar-refractivity contribution in [3.05, 3.63) is 58.4 Å². The van der Waals surface area contributed by atoms with Gasteiger partial charge >= 0.3 is 6.03 Å². The smallest absolute Gasteiger partial charge is 0.319 e. The number of aromatic nitrogens is 1. The molecule has 23 heavy (non-hydrogen) atoms. The molecule has 0 aliphatic rings. The van der Waals surface area contributed by atoms with E-state index in [1.807, 2.05) is 31.2 Å². The highest BCUT2D eigenvalue weighted by molar-refractivity contribution is 6.31. The number of benzene rings is 1. The first-order valence-electron chi connectivity index (χ1n) is 7.89. The molecule has 0 spiro atoms. The highest BCUT2D eigenvalue weighted by atomic mass is 35.5.